The fraction of sp³-hybridized carbons (Fsp3) is 0.533. The molecule has 0 fully saturated rings. The zero-order chi connectivity index (χ0) is 15.7. The Bertz CT molecular complexity index is 440. The van der Waals surface area contributed by atoms with Crippen LogP contribution in [0.5, 0.6) is 11.5 Å². The summed E-state index contributed by atoms with van der Waals surface area (Å²) >= 11 is 0. The Balaban J connectivity index is 2.79. The molecule has 1 amide bonds. The third kappa shape index (κ3) is 5.24. The lowest BCUT2D eigenvalue weighted by molar-refractivity contribution is 0.0547. The summed E-state index contributed by atoms with van der Waals surface area (Å²) in [7, 11) is 0. The lowest BCUT2D eigenvalue weighted by Gasteiger charge is -2.23. The van der Waals surface area contributed by atoms with E-state index in [0.29, 0.717) is 39.5 Å². The van der Waals surface area contributed by atoms with Gasteiger partial charge in [-0.2, -0.15) is 0 Å². The van der Waals surface area contributed by atoms with Crippen LogP contribution in [0.4, 0.5) is 0 Å². The topological polar surface area (TPSA) is 79.2 Å². The first-order valence-corrected chi connectivity index (χ1v) is 7.07. The van der Waals surface area contributed by atoms with Gasteiger partial charge in [-0.15, -0.1) is 0 Å². The van der Waals surface area contributed by atoms with Gasteiger partial charge in [-0.05, 0) is 26.0 Å². The number of rotatable bonds is 9. The molecule has 0 aliphatic heterocycles. The monoisotopic (exact) mass is 297 g/mol. The van der Waals surface area contributed by atoms with Gasteiger partial charge >= 0.3 is 0 Å². The van der Waals surface area contributed by atoms with Gasteiger partial charge in [0.05, 0.1) is 18.8 Å². The highest BCUT2D eigenvalue weighted by molar-refractivity contribution is 5.97. The maximum absolute atomic E-state index is 12.4. The van der Waals surface area contributed by atoms with E-state index < -0.39 is 5.75 Å². The van der Waals surface area contributed by atoms with E-state index in [9.17, 15) is 15.0 Å². The van der Waals surface area contributed by atoms with Gasteiger partial charge in [0.1, 0.15) is 0 Å². The van der Waals surface area contributed by atoms with E-state index in [-0.39, 0.29) is 17.2 Å². The van der Waals surface area contributed by atoms with Crippen LogP contribution in [0, 0.1) is 0 Å². The molecule has 0 saturated heterocycles. The van der Waals surface area contributed by atoms with Crippen molar-refractivity contribution in [1.82, 2.24) is 4.90 Å². The number of phenolic OH excluding ortho intramolecular Hbond substituents is 2. The van der Waals surface area contributed by atoms with Crippen molar-refractivity contribution in [3.05, 3.63) is 23.8 Å². The summed E-state index contributed by atoms with van der Waals surface area (Å²) in [5, 5.41) is 19.3. The summed E-state index contributed by atoms with van der Waals surface area (Å²) in [6, 6.07) is 4.33. The summed E-state index contributed by atoms with van der Waals surface area (Å²) in [4.78, 5) is 14.0. The van der Waals surface area contributed by atoms with Gasteiger partial charge in [0.2, 0.25) is 0 Å². The van der Waals surface area contributed by atoms with Crippen LogP contribution in [0.25, 0.3) is 0 Å². The molecular weight excluding hydrogens is 274 g/mol. The van der Waals surface area contributed by atoms with Gasteiger partial charge in [-0.25, -0.2) is 0 Å². The Morgan fingerprint density at radius 2 is 1.67 bits per heavy atom. The van der Waals surface area contributed by atoms with Gasteiger partial charge in [0.25, 0.3) is 5.91 Å². The highest BCUT2D eigenvalue weighted by Gasteiger charge is 2.20. The highest BCUT2D eigenvalue weighted by Crippen LogP contribution is 2.29. The molecule has 0 spiro atoms. The number of nitrogens with zero attached hydrogens (tertiary/aromatic N) is 1. The average Bonchev–Trinajstić information content (AvgIpc) is 2.48. The average molecular weight is 297 g/mol. The Morgan fingerprint density at radius 3 is 2.19 bits per heavy atom. The van der Waals surface area contributed by atoms with Gasteiger partial charge in [0.15, 0.2) is 11.5 Å². The molecule has 0 aromatic heterocycles. The van der Waals surface area contributed by atoms with Crippen molar-refractivity contribution in [1.29, 1.82) is 0 Å². The van der Waals surface area contributed by atoms with E-state index in [1.54, 1.807) is 4.90 Å². The minimum absolute atomic E-state index is 0.0722. The van der Waals surface area contributed by atoms with Crippen LogP contribution in [0.15, 0.2) is 18.2 Å². The molecule has 1 rings (SSSR count). The molecule has 118 valence electrons. The van der Waals surface area contributed by atoms with Crippen LogP contribution in [0.1, 0.15) is 24.2 Å². The Hall–Kier alpha value is -1.79. The number of ether oxygens (including phenoxy) is 2. The predicted molar refractivity (Wildman–Crippen MR) is 78.7 cm³/mol. The fourth-order valence-corrected chi connectivity index (χ4v) is 1.83. The molecule has 0 bridgehead atoms. The SMILES string of the molecule is CCOCCN(CCOCC)C(=O)c1cccc(O)c1O. The number of aromatic hydroxyl groups is 2. The van der Waals surface area contributed by atoms with E-state index >= 15 is 0 Å². The predicted octanol–water partition coefficient (Wildman–Crippen LogP) is 1.61. The minimum Gasteiger partial charge on any atom is -0.504 e. The summed E-state index contributed by atoms with van der Waals surface area (Å²) in [6.07, 6.45) is 0. The first-order chi connectivity index (χ1) is 10.1. The van der Waals surface area contributed by atoms with Crippen molar-refractivity contribution in [3.63, 3.8) is 0 Å². The van der Waals surface area contributed by atoms with Crippen molar-refractivity contribution in [2.75, 3.05) is 39.5 Å². The molecule has 0 radical (unpaired) electrons. The Morgan fingerprint density at radius 1 is 1.10 bits per heavy atom. The number of para-hydroxylation sites is 1. The summed E-state index contributed by atoms with van der Waals surface area (Å²) in [5.41, 5.74) is 0.0722. The van der Waals surface area contributed by atoms with E-state index in [2.05, 4.69) is 0 Å². The van der Waals surface area contributed by atoms with Crippen LogP contribution in [-0.2, 0) is 9.47 Å². The molecule has 1 aromatic rings. The third-order valence-electron chi connectivity index (χ3n) is 2.95. The maximum atomic E-state index is 12.4. The van der Waals surface area contributed by atoms with Crippen LogP contribution in [0.2, 0.25) is 0 Å². The Kier molecular flexibility index (Phi) is 7.56. The van der Waals surface area contributed by atoms with Crippen LogP contribution in [-0.4, -0.2) is 60.5 Å². The van der Waals surface area contributed by atoms with Crippen molar-refractivity contribution in [3.8, 4) is 11.5 Å². The summed E-state index contributed by atoms with van der Waals surface area (Å²) in [5.74, 6) is -1.07. The third-order valence-corrected chi connectivity index (χ3v) is 2.95. The molecule has 6 heteroatoms. The molecule has 1 aromatic carbocycles. The summed E-state index contributed by atoms with van der Waals surface area (Å²) < 4.78 is 10.5. The molecule has 0 saturated carbocycles. The second-order valence-electron chi connectivity index (χ2n) is 4.36. The van der Waals surface area contributed by atoms with E-state index in [4.69, 9.17) is 9.47 Å². The largest absolute Gasteiger partial charge is 0.504 e. The number of hydrogen-bond acceptors (Lipinski definition) is 5. The van der Waals surface area contributed by atoms with E-state index in [1.807, 2.05) is 13.8 Å². The molecule has 6 nitrogen and oxygen atoms in total. The molecule has 2 N–H and O–H groups in total. The lowest BCUT2D eigenvalue weighted by atomic mass is 10.1. The molecule has 0 aliphatic carbocycles. The molecule has 0 aliphatic rings. The number of phenols is 2. The van der Waals surface area contributed by atoms with Crippen molar-refractivity contribution in [2.24, 2.45) is 0 Å². The number of amides is 1. The number of hydrogen-bond donors (Lipinski definition) is 2. The molecule has 0 heterocycles. The minimum atomic E-state index is -0.402. The zero-order valence-electron chi connectivity index (χ0n) is 12.5. The number of carbonyl (C=O) groups excluding carboxylic acids is 1. The number of benzene rings is 1. The zero-order valence-corrected chi connectivity index (χ0v) is 12.5. The smallest absolute Gasteiger partial charge is 0.257 e. The second kappa shape index (κ2) is 9.20. The molecule has 0 unspecified atom stereocenters. The maximum Gasteiger partial charge on any atom is 0.257 e. The van der Waals surface area contributed by atoms with Crippen molar-refractivity contribution >= 4 is 5.91 Å². The van der Waals surface area contributed by atoms with Crippen molar-refractivity contribution in [2.45, 2.75) is 13.8 Å². The van der Waals surface area contributed by atoms with Gasteiger partial charge in [0, 0.05) is 26.3 Å². The van der Waals surface area contributed by atoms with E-state index in [1.165, 1.54) is 18.2 Å². The molecule has 21 heavy (non-hydrogen) atoms. The van der Waals surface area contributed by atoms with E-state index in [0.717, 1.165) is 0 Å². The normalized spacial score (nSPS) is 10.6. The first-order valence-electron chi connectivity index (χ1n) is 7.07. The van der Waals surface area contributed by atoms with Gasteiger partial charge < -0.3 is 24.6 Å². The van der Waals surface area contributed by atoms with Crippen LogP contribution >= 0.6 is 0 Å². The van der Waals surface area contributed by atoms with Gasteiger partial charge in [-0.3, -0.25) is 4.79 Å². The van der Waals surface area contributed by atoms with Crippen molar-refractivity contribution < 1.29 is 24.5 Å². The summed E-state index contributed by atoms with van der Waals surface area (Å²) in [6.45, 7) is 6.53. The van der Waals surface area contributed by atoms with Crippen LogP contribution in [0.3, 0.4) is 0 Å². The van der Waals surface area contributed by atoms with Gasteiger partial charge in [-0.1, -0.05) is 6.07 Å². The molecular formula is C15H23NO5. The van der Waals surface area contributed by atoms with Crippen LogP contribution < -0.4 is 0 Å². The highest BCUT2D eigenvalue weighted by atomic mass is 16.5. The Labute approximate surface area is 124 Å². The fourth-order valence-electron chi connectivity index (χ4n) is 1.83. The standard InChI is InChI=1S/C15H23NO5/c1-3-20-10-8-16(9-11-21-4-2)15(19)12-6-5-7-13(17)14(12)18/h5-7,17-18H,3-4,8-11H2,1-2H3. The second-order valence-corrected chi connectivity index (χ2v) is 4.36. The molecule has 0 atom stereocenters. The first kappa shape index (κ1) is 17.3. The lowest BCUT2D eigenvalue weighted by Crippen LogP contribution is -2.36. The quantitative estimate of drug-likeness (QED) is 0.535. The number of carbonyl (C=O) groups is 1.